The van der Waals surface area contributed by atoms with Gasteiger partial charge in [-0.05, 0) is 68.0 Å². The highest BCUT2D eigenvalue weighted by Crippen LogP contribution is 2.31. The van der Waals surface area contributed by atoms with Crippen molar-refractivity contribution in [3.63, 3.8) is 0 Å². The minimum atomic E-state index is -1.02. The first-order valence-electron chi connectivity index (χ1n) is 9.59. The highest BCUT2D eigenvalue weighted by Gasteiger charge is 2.20. The molecule has 0 spiro atoms. The zero-order valence-electron chi connectivity index (χ0n) is 17.9. The van der Waals surface area contributed by atoms with Gasteiger partial charge in [0.25, 0.3) is 0 Å². The normalized spacial score (nSPS) is 10.7. The number of methoxy groups -OCH3 is 1. The van der Waals surface area contributed by atoms with Crippen LogP contribution in [0.5, 0.6) is 5.75 Å². The molecule has 1 aromatic heterocycles. The molecule has 0 fully saturated rings. The van der Waals surface area contributed by atoms with Crippen LogP contribution in [0.4, 0.5) is 10.5 Å². The first-order valence-corrected chi connectivity index (χ1v) is 10.8. The number of aromatic nitrogens is 1. The van der Waals surface area contributed by atoms with Crippen LogP contribution in [0.3, 0.4) is 0 Å². The molecular formula is C24H26N2O3S. The summed E-state index contributed by atoms with van der Waals surface area (Å²) in [5, 5.41) is 9.94. The number of aryl methyl sites for hydroxylation is 2. The second kappa shape index (κ2) is 9.22. The molecule has 0 aliphatic carbocycles. The molecular weight excluding hydrogens is 396 g/mol. The van der Waals surface area contributed by atoms with Gasteiger partial charge in [0, 0.05) is 27.9 Å². The number of carbonyl (C=O) groups is 1. The van der Waals surface area contributed by atoms with E-state index >= 15 is 0 Å². The second-order valence-corrected chi connectivity index (χ2v) is 8.08. The van der Waals surface area contributed by atoms with Crippen molar-refractivity contribution < 1.29 is 14.6 Å². The third-order valence-corrected chi connectivity index (χ3v) is 5.83. The summed E-state index contributed by atoms with van der Waals surface area (Å²) in [5.74, 6) is 0.740. The number of rotatable bonds is 6. The predicted octanol–water partition coefficient (Wildman–Crippen LogP) is 6.09. The van der Waals surface area contributed by atoms with E-state index in [2.05, 4.69) is 35.3 Å². The SMILES string of the molecule is COc1c(C)cnc(CN(C(=O)O)c2cc(C)cc(-c3ccc(SC)cc3)c2)c1C. The van der Waals surface area contributed by atoms with E-state index in [1.165, 1.54) is 9.80 Å². The van der Waals surface area contributed by atoms with E-state index in [4.69, 9.17) is 4.74 Å². The van der Waals surface area contributed by atoms with Gasteiger partial charge >= 0.3 is 6.09 Å². The van der Waals surface area contributed by atoms with Gasteiger partial charge in [-0.15, -0.1) is 11.8 Å². The third kappa shape index (κ3) is 4.60. The number of carboxylic acid groups (broad SMARTS) is 1. The molecule has 2 aromatic carbocycles. The fraction of sp³-hybridized carbons (Fsp3) is 0.250. The first-order chi connectivity index (χ1) is 14.3. The molecule has 30 heavy (non-hydrogen) atoms. The summed E-state index contributed by atoms with van der Waals surface area (Å²) < 4.78 is 5.47. The van der Waals surface area contributed by atoms with Crippen molar-refractivity contribution in [2.45, 2.75) is 32.2 Å². The second-order valence-electron chi connectivity index (χ2n) is 7.20. The molecule has 0 radical (unpaired) electrons. The maximum atomic E-state index is 12.1. The average Bonchev–Trinajstić information content (AvgIpc) is 2.73. The Hall–Kier alpha value is -2.99. The Morgan fingerprint density at radius 2 is 1.80 bits per heavy atom. The molecule has 0 atom stereocenters. The quantitative estimate of drug-likeness (QED) is 0.487. The van der Waals surface area contributed by atoms with Gasteiger partial charge < -0.3 is 9.84 Å². The highest BCUT2D eigenvalue weighted by molar-refractivity contribution is 7.98. The van der Waals surface area contributed by atoms with Crippen molar-refractivity contribution in [3.05, 3.63) is 71.0 Å². The van der Waals surface area contributed by atoms with Gasteiger partial charge in [-0.2, -0.15) is 0 Å². The van der Waals surface area contributed by atoms with Gasteiger partial charge in [-0.25, -0.2) is 4.79 Å². The monoisotopic (exact) mass is 422 g/mol. The number of ether oxygens (including phenoxy) is 1. The number of hydrogen-bond acceptors (Lipinski definition) is 4. The molecule has 1 N–H and O–H groups in total. The molecule has 0 bridgehead atoms. The van der Waals surface area contributed by atoms with Gasteiger partial charge in [-0.3, -0.25) is 9.88 Å². The highest BCUT2D eigenvalue weighted by atomic mass is 32.2. The molecule has 0 aliphatic heterocycles. The fourth-order valence-corrected chi connectivity index (χ4v) is 3.93. The number of nitrogens with zero attached hydrogens (tertiary/aromatic N) is 2. The Balaban J connectivity index is 2.01. The Morgan fingerprint density at radius 1 is 1.10 bits per heavy atom. The molecule has 5 nitrogen and oxygen atoms in total. The van der Waals surface area contributed by atoms with Crippen LogP contribution in [0.25, 0.3) is 11.1 Å². The van der Waals surface area contributed by atoms with E-state index in [0.29, 0.717) is 11.4 Å². The van der Waals surface area contributed by atoms with Gasteiger partial charge in [0.2, 0.25) is 0 Å². The van der Waals surface area contributed by atoms with Crippen molar-refractivity contribution in [2.75, 3.05) is 18.3 Å². The summed E-state index contributed by atoms with van der Waals surface area (Å²) in [7, 11) is 1.61. The Labute approximate surface area is 181 Å². The average molecular weight is 423 g/mol. The van der Waals surface area contributed by atoms with Crippen molar-refractivity contribution in [1.82, 2.24) is 4.98 Å². The number of amides is 1. The maximum Gasteiger partial charge on any atom is 0.412 e. The van der Waals surface area contributed by atoms with E-state index in [9.17, 15) is 9.90 Å². The minimum absolute atomic E-state index is 0.145. The van der Waals surface area contributed by atoms with E-state index in [1.807, 2.05) is 39.2 Å². The minimum Gasteiger partial charge on any atom is -0.496 e. The Morgan fingerprint density at radius 3 is 2.40 bits per heavy atom. The van der Waals surface area contributed by atoms with Crippen molar-refractivity contribution in [2.24, 2.45) is 0 Å². The number of hydrogen-bond donors (Lipinski definition) is 1. The summed E-state index contributed by atoms with van der Waals surface area (Å²) in [6, 6.07) is 14.1. The molecule has 6 heteroatoms. The smallest absolute Gasteiger partial charge is 0.412 e. The predicted molar refractivity (Wildman–Crippen MR) is 123 cm³/mol. The molecule has 156 valence electrons. The summed E-state index contributed by atoms with van der Waals surface area (Å²) in [6.07, 6.45) is 2.74. The zero-order valence-corrected chi connectivity index (χ0v) is 18.7. The largest absolute Gasteiger partial charge is 0.496 e. The van der Waals surface area contributed by atoms with Crippen molar-refractivity contribution in [1.29, 1.82) is 0 Å². The van der Waals surface area contributed by atoms with E-state index in [1.54, 1.807) is 25.1 Å². The number of pyridine rings is 1. The van der Waals surface area contributed by atoms with Gasteiger partial charge in [-0.1, -0.05) is 18.2 Å². The van der Waals surface area contributed by atoms with Crippen LogP contribution in [0.15, 0.2) is 53.6 Å². The molecule has 1 heterocycles. The lowest BCUT2D eigenvalue weighted by Crippen LogP contribution is -2.29. The lowest BCUT2D eigenvalue weighted by atomic mass is 10.0. The van der Waals surface area contributed by atoms with E-state index in [-0.39, 0.29) is 6.54 Å². The number of thioether (sulfide) groups is 1. The lowest BCUT2D eigenvalue weighted by Gasteiger charge is -2.22. The van der Waals surface area contributed by atoms with Crippen LogP contribution in [0.2, 0.25) is 0 Å². The summed E-state index contributed by atoms with van der Waals surface area (Å²) in [5.41, 5.74) is 6.09. The zero-order chi connectivity index (χ0) is 21.8. The van der Waals surface area contributed by atoms with Crippen LogP contribution in [-0.4, -0.2) is 29.5 Å². The van der Waals surface area contributed by atoms with Gasteiger partial charge in [0.1, 0.15) is 5.75 Å². The molecule has 0 aliphatic rings. The molecule has 1 amide bonds. The molecule has 3 rings (SSSR count). The number of anilines is 1. The fourth-order valence-electron chi connectivity index (χ4n) is 3.52. The van der Waals surface area contributed by atoms with Crippen LogP contribution in [0.1, 0.15) is 22.4 Å². The van der Waals surface area contributed by atoms with Gasteiger partial charge in [0.15, 0.2) is 0 Å². The van der Waals surface area contributed by atoms with Crippen LogP contribution >= 0.6 is 11.8 Å². The van der Waals surface area contributed by atoms with Crippen LogP contribution in [0, 0.1) is 20.8 Å². The van der Waals surface area contributed by atoms with Crippen LogP contribution in [-0.2, 0) is 6.54 Å². The standard InChI is InChI=1S/C24H26N2O3S/c1-15-10-19(18-6-8-21(30-5)9-7-18)12-20(11-15)26(24(27)28)14-22-17(3)23(29-4)16(2)13-25-22/h6-13H,14H2,1-5H3,(H,27,28). The molecule has 0 unspecified atom stereocenters. The van der Waals surface area contributed by atoms with Crippen LogP contribution < -0.4 is 9.64 Å². The summed E-state index contributed by atoms with van der Waals surface area (Å²) in [6.45, 7) is 5.95. The molecule has 0 saturated heterocycles. The number of benzene rings is 2. The maximum absolute atomic E-state index is 12.1. The summed E-state index contributed by atoms with van der Waals surface area (Å²) >= 11 is 1.69. The van der Waals surface area contributed by atoms with Crippen molar-refractivity contribution in [3.8, 4) is 16.9 Å². The topological polar surface area (TPSA) is 62.7 Å². The Bertz CT molecular complexity index is 1060. The van der Waals surface area contributed by atoms with E-state index in [0.717, 1.165) is 33.6 Å². The van der Waals surface area contributed by atoms with Crippen molar-refractivity contribution >= 4 is 23.5 Å². The summed E-state index contributed by atoms with van der Waals surface area (Å²) in [4.78, 5) is 19.1. The molecule has 0 saturated carbocycles. The van der Waals surface area contributed by atoms with E-state index < -0.39 is 6.09 Å². The molecule has 3 aromatic rings. The first kappa shape index (κ1) is 21.7. The Kier molecular flexibility index (Phi) is 6.67. The van der Waals surface area contributed by atoms with Gasteiger partial charge in [0.05, 0.1) is 19.3 Å². The lowest BCUT2D eigenvalue weighted by molar-refractivity contribution is 0.201. The third-order valence-electron chi connectivity index (χ3n) is 5.09.